The predicted octanol–water partition coefficient (Wildman–Crippen LogP) is 2.53. The fourth-order valence-electron chi connectivity index (χ4n) is 1.24. The molecular formula is C11H13ClO4. The molecule has 1 aromatic carbocycles. The lowest BCUT2D eigenvalue weighted by molar-refractivity contribution is 0.0597. The number of ether oxygens (including phenoxy) is 3. The van der Waals surface area contributed by atoms with Crippen LogP contribution in [0.4, 0.5) is 0 Å². The lowest BCUT2D eigenvalue weighted by atomic mass is 10.2. The summed E-state index contributed by atoms with van der Waals surface area (Å²) < 4.78 is 15.0. The number of hydrogen-bond donors (Lipinski definition) is 0. The Morgan fingerprint density at radius 1 is 1.31 bits per heavy atom. The fourth-order valence-corrected chi connectivity index (χ4v) is 1.46. The zero-order valence-electron chi connectivity index (χ0n) is 9.37. The third-order valence-electron chi connectivity index (χ3n) is 1.96. The van der Waals surface area contributed by atoms with Gasteiger partial charge in [-0.25, -0.2) is 4.79 Å². The Balaban J connectivity index is 3.20. The minimum Gasteiger partial charge on any atom is -0.496 e. The number of hydrogen-bond acceptors (Lipinski definition) is 4. The number of carbonyl (C=O) groups is 1. The van der Waals surface area contributed by atoms with Crippen molar-refractivity contribution in [2.75, 3.05) is 20.8 Å². The zero-order chi connectivity index (χ0) is 12.1. The van der Waals surface area contributed by atoms with Crippen LogP contribution in [0.25, 0.3) is 0 Å². The van der Waals surface area contributed by atoms with E-state index in [1.165, 1.54) is 20.3 Å². The van der Waals surface area contributed by atoms with Crippen LogP contribution in [0, 0.1) is 0 Å². The van der Waals surface area contributed by atoms with E-state index in [2.05, 4.69) is 4.74 Å². The highest BCUT2D eigenvalue weighted by molar-refractivity contribution is 6.32. The highest BCUT2D eigenvalue weighted by Crippen LogP contribution is 2.33. The molecule has 0 aromatic heterocycles. The maximum absolute atomic E-state index is 11.4. The van der Waals surface area contributed by atoms with E-state index in [0.717, 1.165) is 0 Å². The molecule has 1 rings (SSSR count). The first-order valence-electron chi connectivity index (χ1n) is 4.72. The van der Waals surface area contributed by atoms with Gasteiger partial charge >= 0.3 is 5.97 Å². The minimum absolute atomic E-state index is 0.276. The third kappa shape index (κ3) is 2.58. The number of methoxy groups -OCH3 is 2. The topological polar surface area (TPSA) is 44.8 Å². The van der Waals surface area contributed by atoms with Crippen LogP contribution in [0.2, 0.25) is 5.02 Å². The molecule has 4 nitrogen and oxygen atoms in total. The Kier molecular flexibility index (Phi) is 4.43. The monoisotopic (exact) mass is 244 g/mol. The van der Waals surface area contributed by atoms with Gasteiger partial charge in [-0.3, -0.25) is 0 Å². The average Bonchev–Trinajstić information content (AvgIpc) is 2.30. The van der Waals surface area contributed by atoms with Crippen LogP contribution in [-0.2, 0) is 4.74 Å². The zero-order valence-corrected chi connectivity index (χ0v) is 10.1. The van der Waals surface area contributed by atoms with Gasteiger partial charge in [0.25, 0.3) is 0 Å². The number of esters is 1. The first-order valence-corrected chi connectivity index (χ1v) is 5.10. The molecule has 0 heterocycles. The van der Waals surface area contributed by atoms with Gasteiger partial charge in [-0.1, -0.05) is 11.6 Å². The van der Waals surface area contributed by atoms with Gasteiger partial charge in [0, 0.05) is 6.07 Å². The van der Waals surface area contributed by atoms with Crippen molar-refractivity contribution in [2.45, 2.75) is 6.92 Å². The van der Waals surface area contributed by atoms with E-state index in [1.54, 1.807) is 6.07 Å². The maximum Gasteiger partial charge on any atom is 0.341 e. The quantitative estimate of drug-likeness (QED) is 0.764. The summed E-state index contributed by atoms with van der Waals surface area (Å²) in [6.45, 7) is 2.33. The summed E-state index contributed by atoms with van der Waals surface area (Å²) in [6, 6.07) is 3.04. The summed E-state index contributed by atoms with van der Waals surface area (Å²) in [4.78, 5) is 11.4. The minimum atomic E-state index is -0.498. The molecule has 0 spiro atoms. The number of carbonyl (C=O) groups excluding carboxylic acids is 1. The van der Waals surface area contributed by atoms with Gasteiger partial charge < -0.3 is 14.2 Å². The van der Waals surface area contributed by atoms with Crippen LogP contribution in [0.5, 0.6) is 11.5 Å². The molecule has 0 radical (unpaired) electrons. The largest absolute Gasteiger partial charge is 0.496 e. The second-order valence-electron chi connectivity index (χ2n) is 2.91. The molecule has 0 saturated carbocycles. The summed E-state index contributed by atoms with van der Waals surface area (Å²) >= 11 is 5.95. The van der Waals surface area contributed by atoms with E-state index in [1.807, 2.05) is 6.92 Å². The van der Waals surface area contributed by atoms with Crippen molar-refractivity contribution >= 4 is 17.6 Å². The van der Waals surface area contributed by atoms with Crippen molar-refractivity contribution in [2.24, 2.45) is 0 Å². The van der Waals surface area contributed by atoms with Crippen molar-refractivity contribution in [3.05, 3.63) is 22.7 Å². The van der Waals surface area contributed by atoms with E-state index >= 15 is 0 Å². The van der Waals surface area contributed by atoms with E-state index in [9.17, 15) is 4.79 Å². The summed E-state index contributed by atoms with van der Waals surface area (Å²) in [7, 11) is 2.76. The first kappa shape index (κ1) is 12.6. The standard InChI is InChI=1S/C11H13ClO4/c1-4-16-10-6-9(14-2)7(5-8(10)12)11(13)15-3/h5-6H,4H2,1-3H3. The van der Waals surface area contributed by atoms with E-state index in [-0.39, 0.29) is 5.56 Å². The van der Waals surface area contributed by atoms with Gasteiger partial charge in [0.05, 0.1) is 25.8 Å². The summed E-state index contributed by atoms with van der Waals surface area (Å²) in [5.41, 5.74) is 0.276. The lowest BCUT2D eigenvalue weighted by Crippen LogP contribution is -2.05. The number of halogens is 1. The Morgan fingerprint density at radius 3 is 2.50 bits per heavy atom. The van der Waals surface area contributed by atoms with Crippen molar-refractivity contribution < 1.29 is 19.0 Å². The van der Waals surface area contributed by atoms with Gasteiger partial charge in [-0.15, -0.1) is 0 Å². The van der Waals surface area contributed by atoms with Crippen LogP contribution < -0.4 is 9.47 Å². The highest BCUT2D eigenvalue weighted by Gasteiger charge is 2.16. The molecule has 1 aromatic rings. The van der Waals surface area contributed by atoms with Crippen LogP contribution in [0.3, 0.4) is 0 Å². The summed E-state index contributed by atoms with van der Waals surface area (Å²) in [6.07, 6.45) is 0. The lowest BCUT2D eigenvalue weighted by Gasteiger charge is -2.11. The molecule has 0 amide bonds. The van der Waals surface area contributed by atoms with Crippen LogP contribution in [0.1, 0.15) is 17.3 Å². The molecule has 0 fully saturated rings. The molecule has 0 aliphatic rings. The van der Waals surface area contributed by atoms with Crippen molar-refractivity contribution in [3.63, 3.8) is 0 Å². The third-order valence-corrected chi connectivity index (χ3v) is 2.25. The van der Waals surface area contributed by atoms with Gasteiger partial charge in [-0.05, 0) is 13.0 Å². The maximum atomic E-state index is 11.4. The van der Waals surface area contributed by atoms with Crippen molar-refractivity contribution in [1.29, 1.82) is 0 Å². The molecule has 0 unspecified atom stereocenters. The van der Waals surface area contributed by atoms with Gasteiger partial charge in [0.2, 0.25) is 0 Å². The molecule has 88 valence electrons. The van der Waals surface area contributed by atoms with Crippen molar-refractivity contribution in [3.8, 4) is 11.5 Å². The van der Waals surface area contributed by atoms with Gasteiger partial charge in [0.1, 0.15) is 17.1 Å². The molecule has 16 heavy (non-hydrogen) atoms. The summed E-state index contributed by atoms with van der Waals surface area (Å²) in [5.74, 6) is 0.357. The normalized spacial score (nSPS) is 9.75. The smallest absolute Gasteiger partial charge is 0.341 e. The first-order chi connectivity index (χ1) is 7.63. The molecule has 0 atom stereocenters. The number of benzene rings is 1. The van der Waals surface area contributed by atoms with Crippen LogP contribution >= 0.6 is 11.6 Å². The molecule has 0 bridgehead atoms. The molecular weight excluding hydrogens is 232 g/mol. The summed E-state index contributed by atoms with van der Waals surface area (Å²) in [5, 5.41) is 0.350. The SMILES string of the molecule is CCOc1cc(OC)c(C(=O)OC)cc1Cl. The Morgan fingerprint density at radius 2 is 2.00 bits per heavy atom. The highest BCUT2D eigenvalue weighted by atomic mass is 35.5. The predicted molar refractivity (Wildman–Crippen MR) is 60.5 cm³/mol. The fraction of sp³-hybridized carbons (Fsp3) is 0.364. The Hall–Kier alpha value is -1.42. The Bertz CT molecular complexity index is 390. The van der Waals surface area contributed by atoms with Gasteiger partial charge in [0.15, 0.2) is 0 Å². The van der Waals surface area contributed by atoms with E-state index in [4.69, 9.17) is 21.1 Å². The van der Waals surface area contributed by atoms with Crippen LogP contribution in [-0.4, -0.2) is 26.8 Å². The average molecular weight is 245 g/mol. The van der Waals surface area contributed by atoms with Crippen molar-refractivity contribution in [1.82, 2.24) is 0 Å². The van der Waals surface area contributed by atoms with E-state index in [0.29, 0.717) is 23.1 Å². The van der Waals surface area contributed by atoms with E-state index < -0.39 is 5.97 Å². The van der Waals surface area contributed by atoms with Crippen LogP contribution in [0.15, 0.2) is 12.1 Å². The second-order valence-corrected chi connectivity index (χ2v) is 3.31. The molecule has 0 aliphatic carbocycles. The Labute approximate surface area is 99.1 Å². The molecule has 0 saturated heterocycles. The second kappa shape index (κ2) is 5.61. The molecule has 0 N–H and O–H groups in total. The molecule has 0 aliphatic heterocycles. The number of rotatable bonds is 4. The molecule has 5 heteroatoms. The van der Waals surface area contributed by atoms with Gasteiger partial charge in [-0.2, -0.15) is 0 Å².